The molecular formula is C18H22O2. The minimum Gasteiger partial charge on any atom is -0.386 e. The molecule has 2 heteroatoms. The van der Waals surface area contributed by atoms with E-state index >= 15 is 0 Å². The fraction of sp³-hybridized carbons (Fsp3) is 0.333. The minimum atomic E-state index is -0.597. The Morgan fingerprint density at radius 1 is 0.900 bits per heavy atom. The van der Waals surface area contributed by atoms with E-state index in [-0.39, 0.29) is 12.0 Å². The van der Waals surface area contributed by atoms with Crippen LogP contribution in [0.15, 0.2) is 60.7 Å². The average molecular weight is 270 g/mol. The molecule has 0 aromatic heterocycles. The molecule has 0 amide bonds. The number of aliphatic hydroxyl groups excluding tert-OH is 1. The Morgan fingerprint density at radius 3 is 2.00 bits per heavy atom. The topological polar surface area (TPSA) is 29.5 Å². The predicted molar refractivity (Wildman–Crippen MR) is 81.3 cm³/mol. The molecule has 2 rings (SSSR count). The van der Waals surface area contributed by atoms with Gasteiger partial charge < -0.3 is 9.84 Å². The third kappa shape index (κ3) is 3.92. The van der Waals surface area contributed by atoms with Crippen molar-refractivity contribution in [1.29, 1.82) is 0 Å². The monoisotopic (exact) mass is 270 g/mol. The Bertz CT molecular complexity index is 493. The Kier molecular flexibility index (Phi) is 5.33. The van der Waals surface area contributed by atoms with Gasteiger partial charge in [0.2, 0.25) is 0 Å². The van der Waals surface area contributed by atoms with Crippen LogP contribution in [0.4, 0.5) is 0 Å². The molecule has 0 radical (unpaired) electrons. The maximum absolute atomic E-state index is 10.5. The predicted octanol–water partition coefficient (Wildman–Crippen LogP) is 3.96. The van der Waals surface area contributed by atoms with Gasteiger partial charge in [0.15, 0.2) is 0 Å². The zero-order chi connectivity index (χ0) is 14.4. The highest BCUT2D eigenvalue weighted by Gasteiger charge is 2.24. The van der Waals surface area contributed by atoms with Crippen LogP contribution >= 0.6 is 0 Å². The maximum Gasteiger partial charge on any atom is 0.105 e. The molecule has 0 saturated carbocycles. The van der Waals surface area contributed by atoms with Crippen LogP contribution in [0.25, 0.3) is 0 Å². The lowest BCUT2D eigenvalue weighted by atomic mass is 9.96. The Morgan fingerprint density at radius 2 is 1.45 bits per heavy atom. The molecule has 2 aromatic rings. The van der Waals surface area contributed by atoms with Crippen molar-refractivity contribution in [2.45, 2.75) is 32.7 Å². The average Bonchev–Trinajstić information content (AvgIpc) is 2.49. The number of ether oxygens (including phenoxy) is 1. The quantitative estimate of drug-likeness (QED) is 0.861. The molecule has 0 aliphatic carbocycles. The largest absolute Gasteiger partial charge is 0.386 e. The molecule has 0 aliphatic rings. The number of aliphatic hydroxyl groups is 1. The lowest BCUT2D eigenvalue weighted by Gasteiger charge is -2.27. The van der Waals surface area contributed by atoms with Crippen LogP contribution in [-0.2, 0) is 11.3 Å². The smallest absolute Gasteiger partial charge is 0.105 e. The molecule has 1 N–H and O–H groups in total. The van der Waals surface area contributed by atoms with Crippen molar-refractivity contribution in [1.82, 2.24) is 0 Å². The molecule has 0 saturated heterocycles. The Balaban J connectivity index is 2.04. The number of hydrogen-bond donors (Lipinski definition) is 1. The molecule has 2 unspecified atom stereocenters. The van der Waals surface area contributed by atoms with Gasteiger partial charge in [0.05, 0.1) is 12.7 Å². The highest BCUT2D eigenvalue weighted by molar-refractivity contribution is 5.19. The fourth-order valence-electron chi connectivity index (χ4n) is 2.25. The number of benzene rings is 2. The molecule has 2 nitrogen and oxygen atoms in total. The summed E-state index contributed by atoms with van der Waals surface area (Å²) in [6, 6.07) is 19.7. The highest BCUT2D eigenvalue weighted by Crippen LogP contribution is 2.25. The van der Waals surface area contributed by atoms with Gasteiger partial charge in [-0.3, -0.25) is 0 Å². The fourth-order valence-corrected chi connectivity index (χ4v) is 2.25. The molecule has 106 valence electrons. The normalized spacial score (nSPS) is 14.2. The van der Waals surface area contributed by atoms with E-state index in [0.717, 1.165) is 11.1 Å². The summed E-state index contributed by atoms with van der Waals surface area (Å²) in [6.45, 7) is 4.66. The number of hydrogen-bond acceptors (Lipinski definition) is 2. The zero-order valence-corrected chi connectivity index (χ0v) is 12.1. The third-order valence-electron chi connectivity index (χ3n) is 3.39. The minimum absolute atomic E-state index is 0.211. The van der Waals surface area contributed by atoms with Gasteiger partial charge in [-0.15, -0.1) is 0 Å². The molecule has 0 fully saturated rings. The summed E-state index contributed by atoms with van der Waals surface area (Å²) in [7, 11) is 0. The van der Waals surface area contributed by atoms with Gasteiger partial charge in [-0.05, 0) is 17.0 Å². The van der Waals surface area contributed by atoms with Gasteiger partial charge in [-0.1, -0.05) is 74.5 Å². The lowest BCUT2D eigenvalue weighted by Crippen LogP contribution is -2.27. The zero-order valence-electron chi connectivity index (χ0n) is 12.1. The van der Waals surface area contributed by atoms with Gasteiger partial charge in [0, 0.05) is 0 Å². The first kappa shape index (κ1) is 14.8. The van der Waals surface area contributed by atoms with Crippen molar-refractivity contribution >= 4 is 0 Å². The van der Waals surface area contributed by atoms with Gasteiger partial charge in [-0.2, -0.15) is 0 Å². The third-order valence-corrected chi connectivity index (χ3v) is 3.39. The van der Waals surface area contributed by atoms with Crippen molar-refractivity contribution in [3.05, 3.63) is 71.8 Å². The van der Waals surface area contributed by atoms with Gasteiger partial charge in [-0.25, -0.2) is 0 Å². The Hall–Kier alpha value is -1.64. The molecule has 0 spiro atoms. The summed E-state index contributed by atoms with van der Waals surface area (Å²) in [4.78, 5) is 0. The number of rotatable bonds is 6. The van der Waals surface area contributed by atoms with Gasteiger partial charge in [0.25, 0.3) is 0 Å². The SMILES string of the molecule is CC(C)C(OCc1ccccc1)C(O)c1ccccc1. The first-order chi connectivity index (χ1) is 9.68. The van der Waals surface area contributed by atoms with Crippen molar-refractivity contribution in [3.8, 4) is 0 Å². The van der Waals surface area contributed by atoms with Crippen LogP contribution in [0.5, 0.6) is 0 Å². The molecular weight excluding hydrogens is 248 g/mol. The van der Waals surface area contributed by atoms with Crippen LogP contribution in [0.3, 0.4) is 0 Å². The Labute approximate surface area is 121 Å². The van der Waals surface area contributed by atoms with E-state index < -0.39 is 6.10 Å². The second-order valence-corrected chi connectivity index (χ2v) is 5.36. The van der Waals surface area contributed by atoms with E-state index in [0.29, 0.717) is 6.61 Å². The maximum atomic E-state index is 10.5. The van der Waals surface area contributed by atoms with Crippen molar-refractivity contribution in [3.63, 3.8) is 0 Å². The molecule has 2 atom stereocenters. The summed E-state index contributed by atoms with van der Waals surface area (Å²) in [5, 5.41) is 10.5. The lowest BCUT2D eigenvalue weighted by molar-refractivity contribution is -0.0711. The summed E-state index contributed by atoms with van der Waals surface area (Å²) < 4.78 is 5.96. The molecule has 2 aromatic carbocycles. The second kappa shape index (κ2) is 7.22. The highest BCUT2D eigenvalue weighted by atomic mass is 16.5. The van der Waals surface area contributed by atoms with E-state index in [9.17, 15) is 5.11 Å². The van der Waals surface area contributed by atoms with Crippen LogP contribution in [0.1, 0.15) is 31.1 Å². The van der Waals surface area contributed by atoms with Crippen molar-refractivity contribution in [2.24, 2.45) is 5.92 Å². The standard InChI is InChI=1S/C18H22O2/c1-14(2)18(17(19)16-11-7-4-8-12-16)20-13-15-9-5-3-6-10-15/h3-12,14,17-19H,13H2,1-2H3. The molecule has 0 bridgehead atoms. The van der Waals surface area contributed by atoms with Gasteiger partial charge >= 0.3 is 0 Å². The summed E-state index contributed by atoms with van der Waals surface area (Å²) in [5.74, 6) is 0.244. The summed E-state index contributed by atoms with van der Waals surface area (Å²) >= 11 is 0. The van der Waals surface area contributed by atoms with E-state index in [4.69, 9.17) is 4.74 Å². The van der Waals surface area contributed by atoms with Gasteiger partial charge in [0.1, 0.15) is 6.10 Å². The molecule has 20 heavy (non-hydrogen) atoms. The van der Waals surface area contributed by atoms with Crippen LogP contribution in [0.2, 0.25) is 0 Å². The molecule has 0 heterocycles. The summed E-state index contributed by atoms with van der Waals surface area (Å²) in [6.07, 6.45) is -0.808. The van der Waals surface area contributed by atoms with E-state index in [1.165, 1.54) is 0 Å². The first-order valence-electron chi connectivity index (χ1n) is 7.07. The van der Waals surface area contributed by atoms with Crippen molar-refractivity contribution < 1.29 is 9.84 Å². The van der Waals surface area contributed by atoms with Crippen LogP contribution < -0.4 is 0 Å². The van der Waals surface area contributed by atoms with E-state index in [1.807, 2.05) is 60.7 Å². The summed E-state index contributed by atoms with van der Waals surface area (Å²) in [5.41, 5.74) is 2.03. The van der Waals surface area contributed by atoms with Crippen LogP contribution in [0, 0.1) is 5.92 Å². The van der Waals surface area contributed by atoms with E-state index in [1.54, 1.807) is 0 Å². The van der Waals surface area contributed by atoms with Crippen molar-refractivity contribution in [2.75, 3.05) is 0 Å². The molecule has 0 aliphatic heterocycles. The van der Waals surface area contributed by atoms with E-state index in [2.05, 4.69) is 13.8 Å². The first-order valence-corrected chi connectivity index (χ1v) is 7.07. The van der Waals surface area contributed by atoms with Crippen LogP contribution in [-0.4, -0.2) is 11.2 Å². The second-order valence-electron chi connectivity index (χ2n) is 5.36.